The molecule has 3 nitrogen and oxygen atoms in total. The molecule has 0 bridgehead atoms. The summed E-state index contributed by atoms with van der Waals surface area (Å²) in [4.78, 5) is 12.0. The number of hydrogen-bond donors (Lipinski definition) is 0. The molecule has 0 radical (unpaired) electrons. The van der Waals surface area contributed by atoms with E-state index in [1.165, 1.54) is 0 Å². The Labute approximate surface area is 127 Å². The molecule has 2 aliphatic heterocycles. The number of fused-ring (bicyclic) bond motifs is 3. The summed E-state index contributed by atoms with van der Waals surface area (Å²) >= 11 is 0. The van der Waals surface area contributed by atoms with Crippen molar-refractivity contribution in [2.24, 2.45) is 11.8 Å². The van der Waals surface area contributed by atoms with E-state index in [4.69, 9.17) is 9.47 Å². The summed E-state index contributed by atoms with van der Waals surface area (Å²) in [5, 5.41) is 0. The van der Waals surface area contributed by atoms with Crippen LogP contribution in [0.15, 0.2) is 24.3 Å². The maximum atomic E-state index is 12.0. The van der Waals surface area contributed by atoms with E-state index in [0.29, 0.717) is 30.5 Å². The molecular weight excluding hydrogens is 264 g/mol. The minimum absolute atomic E-state index is 0.0212. The van der Waals surface area contributed by atoms with Crippen LogP contribution < -0.4 is 0 Å². The van der Waals surface area contributed by atoms with Crippen molar-refractivity contribution < 1.29 is 14.3 Å². The first kappa shape index (κ1) is 14.8. The highest BCUT2D eigenvalue weighted by Gasteiger charge is 2.56. The Kier molecular flexibility index (Phi) is 4.79. The second-order valence-electron chi connectivity index (χ2n) is 6.43. The fourth-order valence-electron chi connectivity index (χ4n) is 3.77. The van der Waals surface area contributed by atoms with Crippen LogP contribution in [-0.4, -0.2) is 24.3 Å². The first-order valence-electron chi connectivity index (χ1n) is 8.46. The van der Waals surface area contributed by atoms with Crippen molar-refractivity contribution in [2.45, 2.75) is 70.2 Å². The Morgan fingerprint density at radius 3 is 3.00 bits per heavy atom. The molecular formula is C18H26O3. The number of carbonyl (C=O) groups excluding carboxylic acids is 1. The molecule has 5 atom stereocenters. The summed E-state index contributed by atoms with van der Waals surface area (Å²) in [5.41, 5.74) is 0. The standard InChI is InChI=1S/C18H26O3/c1-2-15-14-12-16-18(21-16)13(14)10-8-6-4-3-5-7-9-11-17(19)20-15/h3-4,8,10,13-16,18H,2,5-7,9,11-12H2,1H3/t13-,14+,15-,16-,18+/m0/s1. The lowest BCUT2D eigenvalue weighted by Gasteiger charge is -2.28. The quantitative estimate of drug-likeness (QED) is 0.419. The highest BCUT2D eigenvalue weighted by Crippen LogP contribution is 2.49. The number of allylic oxidation sites excluding steroid dienone is 3. The van der Waals surface area contributed by atoms with Crippen molar-refractivity contribution in [3.05, 3.63) is 24.3 Å². The average Bonchev–Trinajstić information content (AvgIpc) is 3.16. The third-order valence-electron chi connectivity index (χ3n) is 4.96. The first-order chi connectivity index (χ1) is 10.3. The van der Waals surface area contributed by atoms with E-state index in [1.807, 2.05) is 0 Å². The summed E-state index contributed by atoms with van der Waals surface area (Å²) in [6, 6.07) is 0. The molecule has 1 aliphatic carbocycles. The van der Waals surface area contributed by atoms with E-state index in [0.717, 1.165) is 38.5 Å². The van der Waals surface area contributed by atoms with Gasteiger partial charge in [0.25, 0.3) is 0 Å². The molecule has 3 aliphatic rings. The normalized spacial score (nSPS) is 40.0. The SMILES string of the molecule is CC[C@@H]1OC(=O)CCCCC=CCC=C[C@H]2[C@H]1C[C@@H]1O[C@H]21. The molecule has 3 heteroatoms. The molecule has 1 saturated carbocycles. The maximum absolute atomic E-state index is 12.0. The molecule has 0 amide bonds. The summed E-state index contributed by atoms with van der Waals surface area (Å²) in [6.45, 7) is 2.12. The molecule has 0 aromatic heterocycles. The van der Waals surface area contributed by atoms with Crippen molar-refractivity contribution >= 4 is 5.97 Å². The molecule has 116 valence electrons. The zero-order valence-corrected chi connectivity index (χ0v) is 12.9. The van der Waals surface area contributed by atoms with Gasteiger partial charge >= 0.3 is 5.97 Å². The zero-order valence-electron chi connectivity index (χ0n) is 12.9. The van der Waals surface area contributed by atoms with Crippen molar-refractivity contribution in [1.29, 1.82) is 0 Å². The molecule has 0 aromatic carbocycles. The van der Waals surface area contributed by atoms with Crippen LogP contribution in [-0.2, 0) is 14.3 Å². The Hall–Kier alpha value is -1.09. The van der Waals surface area contributed by atoms with E-state index >= 15 is 0 Å². The van der Waals surface area contributed by atoms with E-state index in [2.05, 4.69) is 31.2 Å². The Morgan fingerprint density at radius 1 is 1.24 bits per heavy atom. The number of hydrogen-bond acceptors (Lipinski definition) is 3. The van der Waals surface area contributed by atoms with Crippen LogP contribution in [0.25, 0.3) is 0 Å². The average molecular weight is 290 g/mol. The fraction of sp³-hybridized carbons (Fsp3) is 0.722. The van der Waals surface area contributed by atoms with E-state index < -0.39 is 0 Å². The number of ether oxygens (including phenoxy) is 2. The molecule has 0 N–H and O–H groups in total. The van der Waals surface area contributed by atoms with Gasteiger partial charge in [0.05, 0.1) is 12.2 Å². The molecule has 0 unspecified atom stereocenters. The van der Waals surface area contributed by atoms with Gasteiger partial charge in [0.1, 0.15) is 6.10 Å². The van der Waals surface area contributed by atoms with Crippen molar-refractivity contribution in [3.8, 4) is 0 Å². The van der Waals surface area contributed by atoms with Crippen LogP contribution in [0.2, 0.25) is 0 Å². The van der Waals surface area contributed by atoms with Crippen molar-refractivity contribution in [2.75, 3.05) is 0 Å². The molecule has 2 fully saturated rings. The van der Waals surface area contributed by atoms with Gasteiger partial charge in [-0.15, -0.1) is 0 Å². The second kappa shape index (κ2) is 6.78. The number of carbonyl (C=O) groups is 1. The number of epoxide rings is 1. The molecule has 3 rings (SSSR count). The predicted octanol–water partition coefficient (Wildman–Crippen LogP) is 3.79. The second-order valence-corrected chi connectivity index (χ2v) is 6.43. The zero-order chi connectivity index (χ0) is 14.7. The van der Waals surface area contributed by atoms with Crippen LogP contribution in [0.1, 0.15) is 51.9 Å². The van der Waals surface area contributed by atoms with E-state index in [1.54, 1.807) is 0 Å². The fourth-order valence-corrected chi connectivity index (χ4v) is 3.77. The van der Waals surface area contributed by atoms with Gasteiger partial charge < -0.3 is 9.47 Å². The molecule has 1 saturated heterocycles. The first-order valence-corrected chi connectivity index (χ1v) is 8.46. The highest BCUT2D eigenvalue weighted by molar-refractivity contribution is 5.69. The van der Waals surface area contributed by atoms with Crippen LogP contribution in [0, 0.1) is 11.8 Å². The minimum Gasteiger partial charge on any atom is -0.462 e. The Morgan fingerprint density at radius 2 is 2.14 bits per heavy atom. The molecule has 0 spiro atoms. The lowest BCUT2D eigenvalue weighted by molar-refractivity contribution is -0.153. The summed E-state index contributed by atoms with van der Waals surface area (Å²) in [7, 11) is 0. The monoisotopic (exact) mass is 290 g/mol. The third-order valence-corrected chi connectivity index (χ3v) is 4.96. The smallest absolute Gasteiger partial charge is 0.306 e. The number of rotatable bonds is 1. The lowest BCUT2D eigenvalue weighted by Crippen LogP contribution is -2.31. The Balaban J connectivity index is 1.72. The van der Waals surface area contributed by atoms with Gasteiger partial charge in [-0.25, -0.2) is 0 Å². The Bertz CT molecular complexity index is 426. The van der Waals surface area contributed by atoms with Crippen LogP contribution >= 0.6 is 0 Å². The van der Waals surface area contributed by atoms with Gasteiger partial charge in [0, 0.05) is 18.3 Å². The topological polar surface area (TPSA) is 38.8 Å². The lowest BCUT2D eigenvalue weighted by atomic mass is 9.87. The van der Waals surface area contributed by atoms with Crippen LogP contribution in [0.4, 0.5) is 0 Å². The van der Waals surface area contributed by atoms with Crippen LogP contribution in [0.3, 0.4) is 0 Å². The summed E-state index contributed by atoms with van der Waals surface area (Å²) in [6.07, 6.45) is 16.4. The van der Waals surface area contributed by atoms with Gasteiger partial charge in [0.2, 0.25) is 0 Å². The predicted molar refractivity (Wildman–Crippen MR) is 81.8 cm³/mol. The molecule has 0 aromatic rings. The van der Waals surface area contributed by atoms with Crippen LogP contribution in [0.5, 0.6) is 0 Å². The third kappa shape index (κ3) is 3.57. The number of cyclic esters (lactones) is 1. The van der Waals surface area contributed by atoms with Gasteiger partial charge in [-0.2, -0.15) is 0 Å². The summed E-state index contributed by atoms with van der Waals surface area (Å²) in [5.74, 6) is 0.835. The van der Waals surface area contributed by atoms with Gasteiger partial charge in [-0.1, -0.05) is 31.2 Å². The number of esters is 1. The van der Waals surface area contributed by atoms with Crippen molar-refractivity contribution in [3.63, 3.8) is 0 Å². The van der Waals surface area contributed by atoms with Gasteiger partial charge in [-0.05, 0) is 38.5 Å². The maximum Gasteiger partial charge on any atom is 0.306 e. The van der Waals surface area contributed by atoms with E-state index in [9.17, 15) is 4.79 Å². The van der Waals surface area contributed by atoms with Gasteiger partial charge in [0.15, 0.2) is 0 Å². The van der Waals surface area contributed by atoms with Gasteiger partial charge in [-0.3, -0.25) is 4.79 Å². The highest BCUT2D eigenvalue weighted by atomic mass is 16.6. The van der Waals surface area contributed by atoms with Crippen molar-refractivity contribution in [1.82, 2.24) is 0 Å². The summed E-state index contributed by atoms with van der Waals surface area (Å²) < 4.78 is 11.5. The minimum atomic E-state index is -0.0212. The van der Waals surface area contributed by atoms with E-state index in [-0.39, 0.29) is 12.1 Å². The largest absolute Gasteiger partial charge is 0.462 e. The molecule has 2 heterocycles. The molecule has 21 heavy (non-hydrogen) atoms.